The van der Waals surface area contributed by atoms with Crippen molar-refractivity contribution in [3.05, 3.63) is 72.9 Å². The van der Waals surface area contributed by atoms with E-state index in [1.165, 1.54) is 135 Å². The van der Waals surface area contributed by atoms with Gasteiger partial charge in [-0.1, -0.05) is 254 Å². The first-order chi connectivity index (χ1) is 38.2. The van der Waals surface area contributed by atoms with Gasteiger partial charge >= 0.3 is 25.7 Å². The van der Waals surface area contributed by atoms with Crippen LogP contribution in [0, 0.1) is 0 Å². The van der Waals surface area contributed by atoms with Gasteiger partial charge in [-0.15, -0.1) is 0 Å². The Bertz CT molecular complexity index is 1590. The molecule has 0 rings (SSSR count). The van der Waals surface area contributed by atoms with E-state index in [0.29, 0.717) is 19.3 Å². The number of carbonyl (C=O) groups is 3. The van der Waals surface area contributed by atoms with Gasteiger partial charge in [0.25, 0.3) is 0 Å². The molecule has 0 amide bonds. The Labute approximate surface area is 478 Å². The van der Waals surface area contributed by atoms with Crippen LogP contribution in [0.5, 0.6) is 0 Å². The fraction of sp³-hybridized carbons (Fsp3) is 0.773. The summed E-state index contributed by atoms with van der Waals surface area (Å²) in [7, 11) is -4.76. The molecule has 11 nitrogen and oxygen atoms in total. The maximum Gasteiger partial charge on any atom is 0.472 e. The number of ether oxygens (including phenoxy) is 3. The van der Waals surface area contributed by atoms with Gasteiger partial charge < -0.3 is 24.2 Å². The summed E-state index contributed by atoms with van der Waals surface area (Å²) in [4.78, 5) is 48.7. The fourth-order valence-electron chi connectivity index (χ4n) is 8.79. The number of carbonyl (C=O) groups excluding carboxylic acids is 3. The molecular formula is C66H117O11P. The van der Waals surface area contributed by atoms with Crippen LogP contribution in [0.3, 0.4) is 0 Å². The van der Waals surface area contributed by atoms with Crippen molar-refractivity contribution in [2.24, 2.45) is 0 Å². The highest BCUT2D eigenvalue weighted by atomic mass is 31.2. The zero-order chi connectivity index (χ0) is 56.9. The molecule has 3 unspecified atom stereocenters. The standard InChI is InChI=1S/C66H117O11P/c1-4-7-10-13-16-19-22-25-28-30-31-33-36-39-42-45-48-51-54-57-66(70)77-63(59-73-64(68)55-52-49-46-43-40-37-34-27-24-21-18-15-12-9-6-3)61-75-78(71,72)74-60-62(58-67)76-65(69)56-53-50-47-44-41-38-35-32-29-26-23-20-17-14-11-8-5-2/h9,12,17-18,20-21,26-27,29,34,40,43,62-63,67H,4-8,10-11,13-16,19,22-25,28,30-33,35-39,41-42,44-61H2,1-3H3,(H,71,72)/b12-9-,20-17-,21-18-,29-26-,34-27-,43-40-. The minimum absolute atomic E-state index is 0.160. The smallest absolute Gasteiger partial charge is 0.462 e. The molecule has 0 aromatic rings. The summed E-state index contributed by atoms with van der Waals surface area (Å²) in [6.45, 7) is 4.50. The molecule has 0 bridgehead atoms. The number of hydrogen-bond acceptors (Lipinski definition) is 10. The second kappa shape index (κ2) is 60.0. The topological polar surface area (TPSA) is 155 Å². The molecule has 78 heavy (non-hydrogen) atoms. The van der Waals surface area contributed by atoms with Crippen molar-refractivity contribution >= 4 is 25.7 Å². The maximum absolute atomic E-state index is 12.9. The lowest BCUT2D eigenvalue weighted by Gasteiger charge is -2.21. The van der Waals surface area contributed by atoms with Gasteiger partial charge in [-0.3, -0.25) is 23.4 Å². The van der Waals surface area contributed by atoms with Crippen molar-refractivity contribution < 1.29 is 52.2 Å². The van der Waals surface area contributed by atoms with E-state index < -0.39 is 57.8 Å². The highest BCUT2D eigenvalue weighted by Gasteiger charge is 2.28. The molecule has 12 heteroatoms. The van der Waals surface area contributed by atoms with Crippen LogP contribution in [0.15, 0.2) is 72.9 Å². The van der Waals surface area contributed by atoms with Crippen LogP contribution in [0.1, 0.15) is 290 Å². The molecule has 0 fully saturated rings. The first kappa shape index (κ1) is 74.9. The molecule has 0 aliphatic rings. The van der Waals surface area contributed by atoms with E-state index >= 15 is 0 Å². The third-order valence-corrected chi connectivity index (χ3v) is 14.6. The first-order valence-electron chi connectivity index (χ1n) is 31.8. The van der Waals surface area contributed by atoms with Gasteiger partial charge in [-0.05, 0) is 89.9 Å². The highest BCUT2D eigenvalue weighted by Crippen LogP contribution is 2.43. The Hall–Kier alpha value is -3.08. The number of aliphatic hydroxyl groups is 1. The van der Waals surface area contributed by atoms with Gasteiger partial charge in [0.05, 0.1) is 19.8 Å². The second-order valence-electron chi connectivity index (χ2n) is 21.2. The third kappa shape index (κ3) is 57.6. The summed E-state index contributed by atoms with van der Waals surface area (Å²) in [5.41, 5.74) is 0. The largest absolute Gasteiger partial charge is 0.472 e. The summed E-state index contributed by atoms with van der Waals surface area (Å²) in [5, 5.41) is 9.85. The van der Waals surface area contributed by atoms with Crippen molar-refractivity contribution in [3.63, 3.8) is 0 Å². The number of phosphoric ester groups is 1. The molecule has 452 valence electrons. The normalized spacial score (nSPS) is 13.8. The fourth-order valence-corrected chi connectivity index (χ4v) is 9.57. The molecule has 0 aliphatic heterocycles. The molecule has 0 radical (unpaired) electrons. The Morgan fingerprint density at radius 1 is 0.372 bits per heavy atom. The van der Waals surface area contributed by atoms with Crippen LogP contribution >= 0.6 is 7.82 Å². The van der Waals surface area contributed by atoms with E-state index in [9.17, 15) is 28.9 Å². The van der Waals surface area contributed by atoms with Crippen LogP contribution < -0.4 is 0 Å². The lowest BCUT2D eigenvalue weighted by atomic mass is 10.0. The van der Waals surface area contributed by atoms with E-state index in [4.69, 9.17) is 23.3 Å². The van der Waals surface area contributed by atoms with Gasteiger partial charge in [0.2, 0.25) is 0 Å². The number of esters is 3. The van der Waals surface area contributed by atoms with Crippen molar-refractivity contribution in [1.29, 1.82) is 0 Å². The Kier molecular flexibility index (Phi) is 57.7. The van der Waals surface area contributed by atoms with Gasteiger partial charge in [0.15, 0.2) is 6.10 Å². The van der Waals surface area contributed by atoms with E-state index in [1.807, 2.05) is 0 Å². The minimum atomic E-state index is -4.76. The molecule has 0 heterocycles. The summed E-state index contributed by atoms with van der Waals surface area (Å²) < 4.78 is 39.6. The Morgan fingerprint density at radius 2 is 0.667 bits per heavy atom. The van der Waals surface area contributed by atoms with E-state index in [2.05, 4.69) is 93.7 Å². The molecule has 0 aromatic carbocycles. The maximum atomic E-state index is 12.9. The van der Waals surface area contributed by atoms with E-state index in [0.717, 1.165) is 96.3 Å². The van der Waals surface area contributed by atoms with E-state index in [-0.39, 0.29) is 25.9 Å². The predicted molar refractivity (Wildman–Crippen MR) is 325 cm³/mol. The lowest BCUT2D eigenvalue weighted by Crippen LogP contribution is -2.30. The number of aliphatic hydroxyl groups excluding tert-OH is 1. The molecule has 0 saturated carbocycles. The van der Waals surface area contributed by atoms with Crippen LogP contribution in [0.4, 0.5) is 0 Å². The molecule has 2 N–H and O–H groups in total. The van der Waals surface area contributed by atoms with Crippen LogP contribution in [-0.2, 0) is 42.2 Å². The quantitative estimate of drug-likeness (QED) is 0.0197. The minimum Gasteiger partial charge on any atom is -0.462 e. The van der Waals surface area contributed by atoms with Gasteiger partial charge in [-0.25, -0.2) is 4.57 Å². The summed E-state index contributed by atoms with van der Waals surface area (Å²) >= 11 is 0. The molecular weight excluding hydrogens is 1000 g/mol. The van der Waals surface area contributed by atoms with Crippen LogP contribution in [-0.4, -0.2) is 66.5 Å². The second-order valence-corrected chi connectivity index (χ2v) is 22.7. The number of hydrogen-bond donors (Lipinski definition) is 2. The van der Waals surface area contributed by atoms with Crippen molar-refractivity contribution in [2.45, 2.75) is 303 Å². The first-order valence-corrected chi connectivity index (χ1v) is 33.3. The van der Waals surface area contributed by atoms with Gasteiger partial charge in [-0.2, -0.15) is 0 Å². The molecule has 0 spiro atoms. The zero-order valence-corrected chi connectivity index (χ0v) is 51.0. The van der Waals surface area contributed by atoms with Crippen LogP contribution in [0.25, 0.3) is 0 Å². The van der Waals surface area contributed by atoms with Gasteiger partial charge in [0.1, 0.15) is 12.7 Å². The number of phosphoric acid groups is 1. The number of rotatable bonds is 59. The van der Waals surface area contributed by atoms with Gasteiger partial charge in [0, 0.05) is 19.3 Å². The predicted octanol–water partition coefficient (Wildman–Crippen LogP) is 19.3. The SMILES string of the molecule is CC/C=C\C/C=C\C/C=C\C/C=C\CCCCC(=O)OCC(COP(=O)(O)OCC(CO)OC(=O)CCCCCCCCC/C=C\C/C=C\CCCCC)OC(=O)CCCCCCCCCCCCCCCCCCCCC. The Balaban J connectivity index is 4.71. The third-order valence-electron chi connectivity index (χ3n) is 13.6. The molecule has 0 aromatic heterocycles. The molecule has 0 saturated heterocycles. The average molecular weight is 1120 g/mol. The zero-order valence-electron chi connectivity index (χ0n) is 50.1. The lowest BCUT2D eigenvalue weighted by molar-refractivity contribution is -0.161. The average Bonchev–Trinajstić information content (AvgIpc) is 3.43. The van der Waals surface area contributed by atoms with Crippen LogP contribution in [0.2, 0.25) is 0 Å². The van der Waals surface area contributed by atoms with Crippen molar-refractivity contribution in [2.75, 3.05) is 26.4 Å². The molecule has 3 atom stereocenters. The molecule has 0 aliphatic carbocycles. The Morgan fingerprint density at radius 3 is 1.08 bits per heavy atom. The van der Waals surface area contributed by atoms with Crippen molar-refractivity contribution in [3.8, 4) is 0 Å². The number of allylic oxidation sites excluding steroid dienone is 12. The van der Waals surface area contributed by atoms with Crippen molar-refractivity contribution in [1.82, 2.24) is 0 Å². The monoisotopic (exact) mass is 1120 g/mol. The summed E-state index contributed by atoms with van der Waals surface area (Å²) in [5.74, 6) is -1.51. The highest BCUT2D eigenvalue weighted by molar-refractivity contribution is 7.47. The van der Waals surface area contributed by atoms with E-state index in [1.54, 1.807) is 0 Å². The summed E-state index contributed by atoms with van der Waals surface area (Å²) in [6, 6.07) is 0. The number of unbranched alkanes of at least 4 members (excludes halogenated alkanes) is 30. The summed E-state index contributed by atoms with van der Waals surface area (Å²) in [6.07, 6.45) is 68.6.